The molecule has 18 heavy (non-hydrogen) atoms. The van der Waals surface area contributed by atoms with Crippen molar-refractivity contribution in [2.24, 2.45) is 5.92 Å². The number of nitrogens with one attached hydrogen (secondary N) is 1. The van der Waals surface area contributed by atoms with Crippen molar-refractivity contribution in [2.45, 2.75) is 32.2 Å². The lowest BCUT2D eigenvalue weighted by molar-refractivity contribution is -0.130. The van der Waals surface area contributed by atoms with E-state index in [2.05, 4.69) is 22.1 Å². The molecule has 2 rings (SSSR count). The summed E-state index contributed by atoms with van der Waals surface area (Å²) >= 11 is 1.68. The van der Waals surface area contributed by atoms with Crippen LogP contribution in [0.5, 0.6) is 0 Å². The van der Waals surface area contributed by atoms with Crippen LogP contribution in [0.3, 0.4) is 0 Å². The van der Waals surface area contributed by atoms with E-state index in [0.717, 1.165) is 32.0 Å². The Morgan fingerprint density at radius 3 is 2.94 bits per heavy atom. The van der Waals surface area contributed by atoms with Crippen molar-refractivity contribution in [3.8, 4) is 0 Å². The van der Waals surface area contributed by atoms with Crippen LogP contribution in [-0.2, 0) is 11.3 Å². The number of hydrogen-bond donors (Lipinski definition) is 1. The average molecular weight is 266 g/mol. The summed E-state index contributed by atoms with van der Waals surface area (Å²) in [6.07, 6.45) is 4.20. The Hall–Kier alpha value is -0.870. The van der Waals surface area contributed by atoms with E-state index in [9.17, 15) is 4.79 Å². The summed E-state index contributed by atoms with van der Waals surface area (Å²) in [5.41, 5.74) is 1.23. The fourth-order valence-electron chi connectivity index (χ4n) is 2.43. The number of piperidine rings is 1. The molecule has 0 atom stereocenters. The van der Waals surface area contributed by atoms with Crippen LogP contribution in [0.15, 0.2) is 16.8 Å². The molecule has 0 saturated carbocycles. The monoisotopic (exact) mass is 266 g/mol. The highest BCUT2D eigenvalue weighted by molar-refractivity contribution is 7.07. The number of thiophene rings is 1. The highest BCUT2D eigenvalue weighted by atomic mass is 32.1. The topological polar surface area (TPSA) is 32.3 Å². The Balaban J connectivity index is 1.70. The summed E-state index contributed by atoms with van der Waals surface area (Å²) in [6, 6.07) is 2.08. The van der Waals surface area contributed by atoms with Crippen LogP contribution in [0.1, 0.15) is 31.2 Å². The first-order valence-corrected chi connectivity index (χ1v) is 7.66. The van der Waals surface area contributed by atoms with Gasteiger partial charge in [0.05, 0.1) is 0 Å². The number of nitrogens with zero attached hydrogens (tertiary/aromatic N) is 1. The standard InChI is InChI=1S/C14H22N2OS/c1-16(10-13-6-9-18-11-13)14(17)3-2-12-4-7-15-8-5-12/h6,9,11-12,15H,2-5,7-8,10H2,1H3. The van der Waals surface area contributed by atoms with Gasteiger partial charge in [0.1, 0.15) is 0 Å². The van der Waals surface area contributed by atoms with E-state index in [-0.39, 0.29) is 5.91 Å². The fourth-order valence-corrected chi connectivity index (χ4v) is 3.09. The zero-order valence-corrected chi connectivity index (χ0v) is 11.8. The normalized spacial score (nSPS) is 16.7. The summed E-state index contributed by atoms with van der Waals surface area (Å²) in [4.78, 5) is 13.9. The van der Waals surface area contributed by atoms with Gasteiger partial charge in [-0.05, 0) is 60.7 Å². The predicted molar refractivity (Wildman–Crippen MR) is 75.6 cm³/mol. The Morgan fingerprint density at radius 1 is 1.50 bits per heavy atom. The van der Waals surface area contributed by atoms with E-state index >= 15 is 0 Å². The largest absolute Gasteiger partial charge is 0.341 e. The van der Waals surface area contributed by atoms with E-state index in [4.69, 9.17) is 0 Å². The first kappa shape index (κ1) is 13.6. The lowest BCUT2D eigenvalue weighted by atomic mass is 9.93. The second kappa shape index (κ2) is 6.90. The maximum Gasteiger partial charge on any atom is 0.222 e. The van der Waals surface area contributed by atoms with Crippen molar-refractivity contribution in [1.29, 1.82) is 0 Å². The van der Waals surface area contributed by atoms with Crippen molar-refractivity contribution in [3.63, 3.8) is 0 Å². The first-order chi connectivity index (χ1) is 8.75. The molecule has 1 N–H and O–H groups in total. The third-order valence-corrected chi connectivity index (χ3v) is 4.38. The number of carbonyl (C=O) groups excluding carboxylic acids is 1. The summed E-state index contributed by atoms with van der Waals surface area (Å²) in [5.74, 6) is 1.02. The average Bonchev–Trinajstić information content (AvgIpc) is 2.90. The maximum atomic E-state index is 12.0. The number of hydrogen-bond acceptors (Lipinski definition) is 3. The number of rotatable bonds is 5. The second-order valence-corrected chi connectivity index (χ2v) is 5.89. The Labute approximate surface area is 113 Å². The summed E-state index contributed by atoms with van der Waals surface area (Å²) in [6.45, 7) is 2.97. The lowest BCUT2D eigenvalue weighted by Gasteiger charge is -2.23. The molecule has 1 saturated heterocycles. The molecule has 3 nitrogen and oxygen atoms in total. The molecule has 0 radical (unpaired) electrons. The van der Waals surface area contributed by atoms with Crippen LogP contribution in [0.4, 0.5) is 0 Å². The Bertz CT molecular complexity index is 358. The molecule has 1 amide bonds. The SMILES string of the molecule is CN(Cc1ccsc1)C(=O)CCC1CCNCC1. The van der Waals surface area contributed by atoms with Gasteiger partial charge in [-0.2, -0.15) is 11.3 Å². The van der Waals surface area contributed by atoms with Crippen molar-refractivity contribution in [3.05, 3.63) is 22.4 Å². The van der Waals surface area contributed by atoms with Crippen LogP contribution in [0, 0.1) is 5.92 Å². The fraction of sp³-hybridized carbons (Fsp3) is 0.643. The molecule has 1 aliphatic heterocycles. The van der Waals surface area contributed by atoms with E-state index in [1.54, 1.807) is 11.3 Å². The molecule has 0 spiro atoms. The molecular weight excluding hydrogens is 244 g/mol. The third-order valence-electron chi connectivity index (χ3n) is 3.65. The predicted octanol–water partition coefficient (Wildman–Crippen LogP) is 2.49. The van der Waals surface area contributed by atoms with Gasteiger partial charge < -0.3 is 10.2 Å². The minimum Gasteiger partial charge on any atom is -0.341 e. The van der Waals surface area contributed by atoms with Crippen LogP contribution in [-0.4, -0.2) is 30.9 Å². The van der Waals surface area contributed by atoms with Crippen LogP contribution in [0.25, 0.3) is 0 Å². The van der Waals surface area contributed by atoms with Crippen LogP contribution in [0.2, 0.25) is 0 Å². The summed E-state index contributed by atoms with van der Waals surface area (Å²) < 4.78 is 0. The van der Waals surface area contributed by atoms with Crippen molar-refractivity contribution in [1.82, 2.24) is 10.2 Å². The molecule has 100 valence electrons. The Morgan fingerprint density at radius 2 is 2.28 bits per heavy atom. The van der Waals surface area contributed by atoms with Gasteiger partial charge in [0.15, 0.2) is 0 Å². The lowest BCUT2D eigenvalue weighted by Crippen LogP contribution is -2.30. The number of carbonyl (C=O) groups is 1. The van der Waals surface area contributed by atoms with E-state index in [0.29, 0.717) is 6.42 Å². The molecular formula is C14H22N2OS. The molecule has 1 aromatic heterocycles. The third kappa shape index (κ3) is 4.10. The molecule has 1 aliphatic rings. The smallest absolute Gasteiger partial charge is 0.222 e. The molecule has 0 aromatic carbocycles. The van der Waals surface area contributed by atoms with E-state index in [1.165, 1.54) is 18.4 Å². The van der Waals surface area contributed by atoms with Gasteiger partial charge in [-0.25, -0.2) is 0 Å². The van der Waals surface area contributed by atoms with Crippen molar-refractivity contribution < 1.29 is 4.79 Å². The zero-order valence-electron chi connectivity index (χ0n) is 11.0. The van der Waals surface area contributed by atoms with E-state index in [1.807, 2.05) is 11.9 Å². The highest BCUT2D eigenvalue weighted by Crippen LogP contribution is 2.18. The van der Waals surface area contributed by atoms with Gasteiger partial charge in [0.2, 0.25) is 5.91 Å². The summed E-state index contributed by atoms with van der Waals surface area (Å²) in [7, 11) is 1.91. The molecule has 1 aromatic rings. The molecule has 2 heterocycles. The van der Waals surface area contributed by atoms with Gasteiger partial charge in [-0.3, -0.25) is 4.79 Å². The van der Waals surface area contributed by atoms with Crippen molar-refractivity contribution in [2.75, 3.05) is 20.1 Å². The minimum absolute atomic E-state index is 0.278. The molecule has 0 unspecified atom stereocenters. The minimum atomic E-state index is 0.278. The van der Waals surface area contributed by atoms with Gasteiger partial charge in [0, 0.05) is 20.0 Å². The van der Waals surface area contributed by atoms with Gasteiger partial charge in [0.25, 0.3) is 0 Å². The van der Waals surface area contributed by atoms with Gasteiger partial charge in [-0.15, -0.1) is 0 Å². The second-order valence-electron chi connectivity index (χ2n) is 5.11. The molecule has 1 fully saturated rings. The maximum absolute atomic E-state index is 12.0. The molecule has 0 aliphatic carbocycles. The Kier molecular flexibility index (Phi) is 5.20. The van der Waals surface area contributed by atoms with Crippen molar-refractivity contribution >= 4 is 17.2 Å². The molecule has 4 heteroatoms. The molecule has 0 bridgehead atoms. The van der Waals surface area contributed by atoms with E-state index < -0.39 is 0 Å². The number of amides is 1. The van der Waals surface area contributed by atoms with Crippen LogP contribution >= 0.6 is 11.3 Å². The highest BCUT2D eigenvalue weighted by Gasteiger charge is 2.16. The quantitative estimate of drug-likeness (QED) is 0.888. The van der Waals surface area contributed by atoms with Gasteiger partial charge >= 0.3 is 0 Å². The summed E-state index contributed by atoms with van der Waals surface area (Å²) in [5, 5.41) is 7.53. The zero-order chi connectivity index (χ0) is 12.8. The first-order valence-electron chi connectivity index (χ1n) is 6.71. The van der Waals surface area contributed by atoms with Crippen LogP contribution < -0.4 is 5.32 Å². The van der Waals surface area contributed by atoms with Gasteiger partial charge in [-0.1, -0.05) is 0 Å².